The van der Waals surface area contributed by atoms with Crippen LogP contribution in [0, 0.1) is 5.82 Å². The lowest BCUT2D eigenvalue weighted by Crippen LogP contribution is -2.10. The summed E-state index contributed by atoms with van der Waals surface area (Å²) in [4.78, 5) is 22.8. The molecular weight excluding hydrogens is 334 g/mol. The Labute approximate surface area is 135 Å². The van der Waals surface area contributed by atoms with Crippen LogP contribution in [-0.2, 0) is 4.79 Å². The Balaban J connectivity index is 2.35. The predicted molar refractivity (Wildman–Crippen MR) is 79.4 cm³/mol. The van der Waals surface area contributed by atoms with Crippen LogP contribution in [0.25, 0.3) is 0 Å². The molecule has 0 aromatic heterocycles. The highest BCUT2D eigenvalue weighted by molar-refractivity contribution is 6.45. The van der Waals surface area contributed by atoms with Gasteiger partial charge in [0.25, 0.3) is 0 Å². The smallest absolute Gasteiger partial charge is 0.341 e. The van der Waals surface area contributed by atoms with Crippen LogP contribution >= 0.6 is 23.2 Å². The van der Waals surface area contributed by atoms with Gasteiger partial charge in [0.2, 0.25) is 0 Å². The molecule has 114 valence electrons. The van der Waals surface area contributed by atoms with Gasteiger partial charge in [0, 0.05) is 11.1 Å². The number of carbonyl (C=O) groups excluding carboxylic acids is 1. The molecule has 2 aromatic rings. The van der Waals surface area contributed by atoms with Crippen molar-refractivity contribution in [1.29, 1.82) is 0 Å². The molecule has 0 unspecified atom stereocenters. The Hall–Kier alpha value is -2.11. The number of halogens is 3. The van der Waals surface area contributed by atoms with Gasteiger partial charge in [0.1, 0.15) is 16.6 Å². The Morgan fingerprint density at radius 1 is 1.14 bits per heavy atom. The van der Waals surface area contributed by atoms with Crippen molar-refractivity contribution in [2.75, 3.05) is 6.61 Å². The van der Waals surface area contributed by atoms with Crippen LogP contribution in [-0.4, -0.2) is 23.5 Å². The molecule has 0 amide bonds. The van der Waals surface area contributed by atoms with Crippen LogP contribution in [0.2, 0.25) is 10.0 Å². The van der Waals surface area contributed by atoms with Crippen molar-refractivity contribution in [3.8, 4) is 5.75 Å². The van der Waals surface area contributed by atoms with Gasteiger partial charge < -0.3 is 9.84 Å². The molecule has 0 atom stereocenters. The number of hydrogen-bond acceptors (Lipinski definition) is 3. The van der Waals surface area contributed by atoms with Crippen molar-refractivity contribution >= 4 is 35.0 Å². The summed E-state index contributed by atoms with van der Waals surface area (Å²) in [5, 5.41) is 8.40. The maximum atomic E-state index is 13.2. The normalized spacial score (nSPS) is 10.3. The lowest BCUT2D eigenvalue weighted by molar-refractivity contribution is -0.139. The second-order valence-electron chi connectivity index (χ2n) is 4.26. The summed E-state index contributed by atoms with van der Waals surface area (Å²) in [6.07, 6.45) is 0. The number of carbonyl (C=O) groups is 2. The minimum atomic E-state index is -1.17. The third-order valence-electron chi connectivity index (χ3n) is 2.73. The lowest BCUT2D eigenvalue weighted by Gasteiger charge is -2.10. The third kappa shape index (κ3) is 3.55. The average Bonchev–Trinajstić information content (AvgIpc) is 2.48. The van der Waals surface area contributed by atoms with Gasteiger partial charge in [-0.1, -0.05) is 35.3 Å². The molecule has 0 radical (unpaired) electrons. The van der Waals surface area contributed by atoms with Crippen molar-refractivity contribution in [3.05, 3.63) is 63.4 Å². The van der Waals surface area contributed by atoms with Gasteiger partial charge in [-0.15, -0.1) is 0 Å². The molecule has 0 fully saturated rings. The number of ketones is 1. The van der Waals surface area contributed by atoms with Gasteiger partial charge in [0.05, 0.1) is 5.02 Å². The maximum absolute atomic E-state index is 13.2. The molecule has 0 saturated carbocycles. The minimum Gasteiger partial charge on any atom is -0.480 e. The number of rotatable bonds is 5. The van der Waals surface area contributed by atoms with E-state index in [2.05, 4.69) is 0 Å². The molecule has 0 aliphatic carbocycles. The second kappa shape index (κ2) is 6.77. The van der Waals surface area contributed by atoms with Crippen molar-refractivity contribution in [3.63, 3.8) is 0 Å². The summed E-state index contributed by atoms with van der Waals surface area (Å²) < 4.78 is 18.1. The minimum absolute atomic E-state index is 0.0462. The number of ether oxygens (including phenoxy) is 1. The number of carboxylic acid groups (broad SMARTS) is 1. The van der Waals surface area contributed by atoms with E-state index in [0.717, 1.165) is 6.07 Å². The van der Waals surface area contributed by atoms with Crippen LogP contribution in [0.15, 0.2) is 36.4 Å². The number of carboxylic acids is 1. The molecule has 2 aromatic carbocycles. The Bertz CT molecular complexity index is 746. The van der Waals surface area contributed by atoms with Gasteiger partial charge >= 0.3 is 5.97 Å². The van der Waals surface area contributed by atoms with Crippen LogP contribution in [0.5, 0.6) is 5.75 Å². The molecule has 22 heavy (non-hydrogen) atoms. The molecule has 7 heteroatoms. The maximum Gasteiger partial charge on any atom is 0.341 e. The number of aliphatic carboxylic acids is 1. The largest absolute Gasteiger partial charge is 0.480 e. The van der Waals surface area contributed by atoms with E-state index in [-0.39, 0.29) is 26.9 Å². The van der Waals surface area contributed by atoms with E-state index < -0.39 is 24.2 Å². The molecule has 1 N–H and O–H groups in total. The van der Waals surface area contributed by atoms with Gasteiger partial charge in [0.15, 0.2) is 12.4 Å². The Kier molecular flexibility index (Phi) is 5.00. The second-order valence-corrected chi connectivity index (χ2v) is 5.02. The highest BCUT2D eigenvalue weighted by Crippen LogP contribution is 2.35. The molecule has 0 spiro atoms. The first-order valence-electron chi connectivity index (χ1n) is 6.03. The zero-order chi connectivity index (χ0) is 16.3. The SMILES string of the molecule is O=C(O)COc1ccc(C(=O)c2cccc(F)c2)c(Cl)c1Cl. The first kappa shape index (κ1) is 16.3. The number of hydrogen-bond donors (Lipinski definition) is 1. The van der Waals surface area contributed by atoms with Crippen molar-refractivity contribution in [2.24, 2.45) is 0 Å². The van der Waals surface area contributed by atoms with Crippen LogP contribution in [0.4, 0.5) is 4.39 Å². The fourth-order valence-corrected chi connectivity index (χ4v) is 2.20. The summed E-state index contributed by atoms with van der Waals surface area (Å²) >= 11 is 12.0. The fraction of sp³-hybridized carbons (Fsp3) is 0.0667. The highest BCUT2D eigenvalue weighted by atomic mass is 35.5. The lowest BCUT2D eigenvalue weighted by atomic mass is 10.0. The molecule has 0 heterocycles. The Morgan fingerprint density at radius 2 is 1.86 bits per heavy atom. The molecule has 0 saturated heterocycles. The van der Waals surface area contributed by atoms with Gasteiger partial charge in [-0.05, 0) is 24.3 Å². The van der Waals surface area contributed by atoms with Crippen molar-refractivity contribution in [2.45, 2.75) is 0 Å². The zero-order valence-corrected chi connectivity index (χ0v) is 12.5. The van der Waals surface area contributed by atoms with Crippen LogP contribution in [0.1, 0.15) is 15.9 Å². The van der Waals surface area contributed by atoms with E-state index in [1.165, 1.54) is 30.3 Å². The quantitative estimate of drug-likeness (QED) is 0.838. The average molecular weight is 343 g/mol. The topological polar surface area (TPSA) is 63.6 Å². The van der Waals surface area contributed by atoms with E-state index in [1.54, 1.807) is 0 Å². The molecule has 0 aliphatic heterocycles. The van der Waals surface area contributed by atoms with Gasteiger partial charge in [-0.3, -0.25) is 4.79 Å². The predicted octanol–water partition coefficient (Wildman–Crippen LogP) is 3.83. The summed E-state index contributed by atoms with van der Waals surface area (Å²) in [7, 11) is 0. The number of benzene rings is 2. The van der Waals surface area contributed by atoms with E-state index in [1.807, 2.05) is 0 Å². The highest BCUT2D eigenvalue weighted by Gasteiger charge is 2.18. The summed E-state index contributed by atoms with van der Waals surface area (Å²) in [5.41, 5.74) is 0.192. The van der Waals surface area contributed by atoms with E-state index >= 15 is 0 Å². The van der Waals surface area contributed by atoms with Crippen molar-refractivity contribution in [1.82, 2.24) is 0 Å². The van der Waals surface area contributed by atoms with Gasteiger partial charge in [-0.2, -0.15) is 0 Å². The zero-order valence-electron chi connectivity index (χ0n) is 11.0. The first-order valence-corrected chi connectivity index (χ1v) is 6.78. The first-order chi connectivity index (χ1) is 10.4. The standard InChI is InChI=1S/C15H9Cl2FO4/c16-13-10(15(21)8-2-1-3-9(18)6-8)4-5-11(14(13)17)22-7-12(19)20/h1-6H,7H2,(H,19,20). The summed E-state index contributed by atoms with van der Waals surface area (Å²) in [6.45, 7) is -0.590. The molecule has 0 aliphatic rings. The van der Waals surface area contributed by atoms with Gasteiger partial charge in [-0.25, -0.2) is 9.18 Å². The monoisotopic (exact) mass is 342 g/mol. The van der Waals surface area contributed by atoms with Crippen LogP contribution in [0.3, 0.4) is 0 Å². The Morgan fingerprint density at radius 3 is 2.50 bits per heavy atom. The summed E-state index contributed by atoms with van der Waals surface area (Å²) in [5.74, 6) is -2.18. The van der Waals surface area contributed by atoms with E-state index in [0.29, 0.717) is 0 Å². The van der Waals surface area contributed by atoms with E-state index in [4.69, 9.17) is 33.0 Å². The fourth-order valence-electron chi connectivity index (χ4n) is 1.74. The third-order valence-corrected chi connectivity index (χ3v) is 3.59. The van der Waals surface area contributed by atoms with Crippen LogP contribution < -0.4 is 4.74 Å². The van der Waals surface area contributed by atoms with Crippen molar-refractivity contribution < 1.29 is 23.8 Å². The molecular formula is C15H9Cl2FO4. The van der Waals surface area contributed by atoms with E-state index in [9.17, 15) is 14.0 Å². The molecule has 0 bridgehead atoms. The molecule has 2 rings (SSSR count). The molecule has 4 nitrogen and oxygen atoms in total. The summed E-state index contributed by atoms with van der Waals surface area (Å²) in [6, 6.07) is 7.84.